The van der Waals surface area contributed by atoms with E-state index in [4.69, 9.17) is 0 Å². The maximum absolute atomic E-state index is 12.9. The fourth-order valence-corrected chi connectivity index (χ4v) is 3.46. The Bertz CT molecular complexity index is 415. The molecule has 0 spiro atoms. The molecule has 2 aliphatic heterocycles. The van der Waals surface area contributed by atoms with E-state index >= 15 is 0 Å². The van der Waals surface area contributed by atoms with Crippen molar-refractivity contribution in [3.8, 4) is 0 Å². The van der Waals surface area contributed by atoms with Crippen LogP contribution in [0.3, 0.4) is 0 Å². The van der Waals surface area contributed by atoms with Gasteiger partial charge in [-0.3, -0.25) is 0 Å². The smallest absolute Gasteiger partial charge is 0.329 e. The number of piperidine rings is 1. The number of carboxylic acid groups (broad SMARTS) is 1. The van der Waals surface area contributed by atoms with Crippen LogP contribution in [0.2, 0.25) is 0 Å². The number of amides is 2. The molecular weight excluding hydrogens is 270 g/mol. The van der Waals surface area contributed by atoms with Crippen LogP contribution in [0.25, 0.3) is 0 Å². The highest BCUT2D eigenvalue weighted by Gasteiger charge is 2.45. The second-order valence-electron chi connectivity index (χ2n) is 6.63. The van der Waals surface area contributed by atoms with Crippen molar-refractivity contribution in [3.05, 3.63) is 0 Å². The zero-order valence-electron chi connectivity index (χ0n) is 13.3. The van der Waals surface area contributed by atoms with Crippen LogP contribution < -0.4 is 0 Å². The number of aliphatic carboxylic acids is 1. The van der Waals surface area contributed by atoms with Crippen molar-refractivity contribution in [2.75, 3.05) is 33.2 Å². The van der Waals surface area contributed by atoms with E-state index in [0.29, 0.717) is 19.5 Å². The van der Waals surface area contributed by atoms with Crippen molar-refractivity contribution in [2.45, 2.75) is 51.1 Å². The van der Waals surface area contributed by atoms with E-state index in [1.54, 1.807) is 11.8 Å². The third kappa shape index (κ3) is 3.15. The Hall–Kier alpha value is -1.30. The van der Waals surface area contributed by atoms with Gasteiger partial charge in [0.25, 0.3) is 0 Å². The number of carbonyl (C=O) groups is 2. The van der Waals surface area contributed by atoms with Crippen LogP contribution in [-0.2, 0) is 4.79 Å². The maximum Gasteiger partial charge on any atom is 0.329 e. The number of hydrogen-bond acceptors (Lipinski definition) is 3. The number of carbonyl (C=O) groups excluding carboxylic acids is 1. The minimum Gasteiger partial charge on any atom is -0.480 e. The summed E-state index contributed by atoms with van der Waals surface area (Å²) in [4.78, 5) is 30.2. The number of nitrogens with zero attached hydrogens (tertiary/aromatic N) is 3. The van der Waals surface area contributed by atoms with E-state index in [1.807, 2.05) is 11.8 Å². The largest absolute Gasteiger partial charge is 0.480 e. The van der Waals surface area contributed by atoms with Crippen LogP contribution in [0, 0.1) is 0 Å². The van der Waals surface area contributed by atoms with Gasteiger partial charge in [-0.15, -0.1) is 0 Å². The van der Waals surface area contributed by atoms with Gasteiger partial charge < -0.3 is 19.8 Å². The summed E-state index contributed by atoms with van der Waals surface area (Å²) in [7, 11) is 2.06. The summed E-state index contributed by atoms with van der Waals surface area (Å²) in [5.41, 5.74) is -1.06. The van der Waals surface area contributed by atoms with Gasteiger partial charge in [0.05, 0.1) is 0 Å². The average molecular weight is 297 g/mol. The molecule has 2 fully saturated rings. The number of urea groups is 1. The molecule has 2 heterocycles. The maximum atomic E-state index is 12.9. The molecule has 1 N–H and O–H groups in total. The Morgan fingerprint density at radius 2 is 1.86 bits per heavy atom. The highest BCUT2D eigenvalue weighted by molar-refractivity contribution is 5.86. The zero-order valence-corrected chi connectivity index (χ0v) is 13.3. The number of hydrogen-bond donors (Lipinski definition) is 1. The molecule has 2 unspecified atom stereocenters. The van der Waals surface area contributed by atoms with E-state index in [0.717, 1.165) is 32.4 Å². The monoisotopic (exact) mass is 297 g/mol. The van der Waals surface area contributed by atoms with Crippen molar-refractivity contribution in [1.29, 1.82) is 0 Å². The first-order chi connectivity index (χ1) is 9.86. The van der Waals surface area contributed by atoms with Crippen molar-refractivity contribution < 1.29 is 14.7 Å². The third-order valence-electron chi connectivity index (χ3n) is 4.88. The fraction of sp³-hybridized carbons (Fsp3) is 0.867. The molecule has 0 aromatic heterocycles. The van der Waals surface area contributed by atoms with E-state index in [1.165, 1.54) is 0 Å². The molecule has 2 rings (SSSR count). The number of rotatable bonds is 1. The number of carboxylic acids is 1. The van der Waals surface area contributed by atoms with Gasteiger partial charge in [-0.05, 0) is 53.1 Å². The summed E-state index contributed by atoms with van der Waals surface area (Å²) in [6.45, 7) is 6.79. The highest BCUT2D eigenvalue weighted by Crippen LogP contribution is 2.30. The molecule has 0 aromatic rings. The van der Waals surface area contributed by atoms with Crippen molar-refractivity contribution >= 4 is 12.0 Å². The average Bonchev–Trinajstić information content (AvgIpc) is 2.59. The number of likely N-dealkylation sites (N-methyl/N-ethyl adjacent to an activating group) is 1. The standard InChI is InChI=1S/C15H27N3O3/c1-12-11-16(3)8-6-9-17(12)14(21)18-10-5-4-7-15(18,2)13(19)20/h12H,4-11H2,1-3H3,(H,19,20). The zero-order chi connectivity index (χ0) is 15.6. The Morgan fingerprint density at radius 1 is 1.14 bits per heavy atom. The first-order valence-electron chi connectivity index (χ1n) is 7.86. The lowest BCUT2D eigenvalue weighted by Gasteiger charge is -2.44. The fourth-order valence-electron chi connectivity index (χ4n) is 3.46. The summed E-state index contributed by atoms with van der Waals surface area (Å²) in [6, 6.07) is 0.00683. The number of likely N-dealkylation sites (tertiary alicyclic amines) is 1. The predicted molar refractivity (Wildman–Crippen MR) is 80.3 cm³/mol. The third-order valence-corrected chi connectivity index (χ3v) is 4.88. The molecule has 6 heteroatoms. The van der Waals surface area contributed by atoms with E-state index in [2.05, 4.69) is 11.9 Å². The first kappa shape index (κ1) is 16.1. The highest BCUT2D eigenvalue weighted by atomic mass is 16.4. The molecule has 2 amide bonds. The summed E-state index contributed by atoms with van der Waals surface area (Å²) in [6.07, 6.45) is 3.22. The quantitative estimate of drug-likeness (QED) is 0.796. The van der Waals surface area contributed by atoms with E-state index in [-0.39, 0.29) is 12.1 Å². The van der Waals surface area contributed by atoms with Crippen LogP contribution in [0.15, 0.2) is 0 Å². The van der Waals surface area contributed by atoms with E-state index in [9.17, 15) is 14.7 Å². The Kier molecular flexibility index (Phi) is 4.76. The normalized spacial score (nSPS) is 31.9. The predicted octanol–water partition coefficient (Wildman–Crippen LogP) is 1.46. The van der Waals surface area contributed by atoms with Crippen LogP contribution in [0.1, 0.15) is 39.5 Å². The molecule has 6 nitrogen and oxygen atoms in total. The summed E-state index contributed by atoms with van der Waals surface area (Å²) < 4.78 is 0. The van der Waals surface area contributed by atoms with Crippen molar-refractivity contribution in [3.63, 3.8) is 0 Å². The molecule has 0 aliphatic carbocycles. The van der Waals surface area contributed by atoms with Crippen LogP contribution in [0.5, 0.6) is 0 Å². The topological polar surface area (TPSA) is 64.1 Å². The second kappa shape index (κ2) is 6.22. The molecule has 2 atom stereocenters. The lowest BCUT2D eigenvalue weighted by Crippen LogP contribution is -2.62. The van der Waals surface area contributed by atoms with Gasteiger partial charge in [-0.1, -0.05) is 0 Å². The molecule has 0 aromatic carbocycles. The molecule has 21 heavy (non-hydrogen) atoms. The molecular formula is C15H27N3O3. The van der Waals surface area contributed by atoms with Gasteiger partial charge in [0.15, 0.2) is 0 Å². The Balaban J connectivity index is 2.18. The summed E-state index contributed by atoms with van der Waals surface area (Å²) in [5.74, 6) is -0.893. The minimum absolute atomic E-state index is 0.109. The molecule has 2 saturated heterocycles. The molecule has 120 valence electrons. The molecule has 0 radical (unpaired) electrons. The Labute approximate surface area is 126 Å². The van der Waals surface area contributed by atoms with Crippen molar-refractivity contribution in [2.24, 2.45) is 0 Å². The lowest BCUT2D eigenvalue weighted by molar-refractivity contribution is -0.150. The van der Waals surface area contributed by atoms with Gasteiger partial charge in [-0.2, -0.15) is 0 Å². The van der Waals surface area contributed by atoms with Crippen LogP contribution >= 0.6 is 0 Å². The first-order valence-corrected chi connectivity index (χ1v) is 7.86. The van der Waals surface area contributed by atoms with Gasteiger partial charge in [0, 0.05) is 25.7 Å². The van der Waals surface area contributed by atoms with Gasteiger partial charge in [0.1, 0.15) is 5.54 Å². The Morgan fingerprint density at radius 3 is 2.52 bits per heavy atom. The van der Waals surface area contributed by atoms with Crippen LogP contribution in [0.4, 0.5) is 4.79 Å². The summed E-state index contributed by atoms with van der Waals surface area (Å²) >= 11 is 0. The van der Waals surface area contributed by atoms with Gasteiger partial charge in [0.2, 0.25) is 0 Å². The van der Waals surface area contributed by atoms with Crippen LogP contribution in [-0.4, -0.2) is 76.6 Å². The second-order valence-corrected chi connectivity index (χ2v) is 6.63. The van der Waals surface area contributed by atoms with Crippen molar-refractivity contribution in [1.82, 2.24) is 14.7 Å². The summed E-state index contributed by atoms with van der Waals surface area (Å²) in [5, 5.41) is 9.56. The SMILES string of the molecule is CC1CN(C)CCCN1C(=O)N1CCCCC1(C)C(=O)O. The van der Waals surface area contributed by atoms with Gasteiger partial charge >= 0.3 is 12.0 Å². The lowest BCUT2D eigenvalue weighted by atomic mass is 9.88. The minimum atomic E-state index is -1.06. The molecule has 0 bridgehead atoms. The molecule has 0 saturated carbocycles. The van der Waals surface area contributed by atoms with E-state index < -0.39 is 11.5 Å². The van der Waals surface area contributed by atoms with Gasteiger partial charge in [-0.25, -0.2) is 9.59 Å². The molecule has 2 aliphatic rings.